The molecule has 0 spiro atoms. The van der Waals surface area contributed by atoms with Gasteiger partial charge in [0.25, 0.3) is 0 Å². The summed E-state index contributed by atoms with van der Waals surface area (Å²) in [6, 6.07) is 14.5. The SMILES string of the molecule is COc1ccc(C2c3sc(=O)n(CC(=O)Nc4cccc(C(F)(F)F)c4)c3SC3C(=O)N(c4ccccc4C(F)(F)F)C(=O)C32)cc1. The summed E-state index contributed by atoms with van der Waals surface area (Å²) in [5.41, 5.74) is -2.49. The Hall–Kier alpha value is -4.57. The van der Waals surface area contributed by atoms with Crippen LogP contribution in [0.25, 0.3) is 0 Å². The number of nitrogens with zero attached hydrogens (tertiary/aromatic N) is 2. The van der Waals surface area contributed by atoms with Crippen LogP contribution in [0.3, 0.4) is 0 Å². The summed E-state index contributed by atoms with van der Waals surface area (Å²) in [5, 5.41) is 1.22. The number of carbonyl (C=O) groups excluding carboxylic acids is 3. The minimum absolute atomic E-state index is 0.147. The highest BCUT2D eigenvalue weighted by Crippen LogP contribution is 2.54. The lowest BCUT2D eigenvalue weighted by Crippen LogP contribution is -2.33. The van der Waals surface area contributed by atoms with Crippen LogP contribution in [-0.2, 0) is 33.3 Å². The van der Waals surface area contributed by atoms with Gasteiger partial charge < -0.3 is 10.1 Å². The van der Waals surface area contributed by atoms with Gasteiger partial charge in [-0.15, -0.1) is 0 Å². The maximum absolute atomic E-state index is 14.0. The van der Waals surface area contributed by atoms with Crippen LogP contribution >= 0.6 is 23.1 Å². The zero-order valence-corrected chi connectivity index (χ0v) is 25.5. The predicted molar refractivity (Wildman–Crippen MR) is 161 cm³/mol. The van der Waals surface area contributed by atoms with E-state index in [0.29, 0.717) is 32.4 Å². The number of halogens is 6. The number of thioether (sulfide) groups is 1. The number of fused-ring (bicyclic) bond motifs is 2. The fourth-order valence-electron chi connectivity index (χ4n) is 5.69. The van der Waals surface area contributed by atoms with Gasteiger partial charge in [-0.2, -0.15) is 26.3 Å². The molecule has 2 aliphatic rings. The maximum Gasteiger partial charge on any atom is 0.418 e. The van der Waals surface area contributed by atoms with Gasteiger partial charge in [-0.1, -0.05) is 53.4 Å². The number of aromatic nitrogens is 1. The number of hydrogen-bond donors (Lipinski definition) is 1. The van der Waals surface area contributed by atoms with E-state index in [4.69, 9.17) is 4.74 Å². The molecule has 1 saturated heterocycles. The second-order valence-corrected chi connectivity index (χ2v) is 12.7. The molecule has 3 heterocycles. The first-order valence-electron chi connectivity index (χ1n) is 13.7. The summed E-state index contributed by atoms with van der Waals surface area (Å²) in [6.07, 6.45) is -9.53. The van der Waals surface area contributed by atoms with Gasteiger partial charge in [0, 0.05) is 16.5 Å². The number of anilines is 2. The van der Waals surface area contributed by atoms with Gasteiger partial charge in [0.05, 0.1) is 34.9 Å². The minimum atomic E-state index is -4.88. The highest BCUT2D eigenvalue weighted by molar-refractivity contribution is 8.00. The third-order valence-corrected chi connectivity index (χ3v) is 10.4. The number of imide groups is 1. The number of thiazole rings is 1. The first-order valence-corrected chi connectivity index (χ1v) is 15.4. The third kappa shape index (κ3) is 5.91. The molecule has 0 bridgehead atoms. The first-order chi connectivity index (χ1) is 22.2. The predicted octanol–water partition coefficient (Wildman–Crippen LogP) is 6.39. The monoisotopic (exact) mass is 693 g/mol. The highest BCUT2D eigenvalue weighted by Gasteiger charge is 2.57. The Bertz CT molecular complexity index is 1950. The molecule has 1 N–H and O–H groups in total. The largest absolute Gasteiger partial charge is 0.497 e. The van der Waals surface area contributed by atoms with Gasteiger partial charge in [0.15, 0.2) is 0 Å². The normalized spacial score (nSPS) is 19.4. The first kappa shape index (κ1) is 32.4. The Balaban J connectivity index is 1.40. The third-order valence-electron chi connectivity index (χ3n) is 7.75. The van der Waals surface area contributed by atoms with Crippen LogP contribution in [-0.4, -0.2) is 34.6 Å². The molecule has 0 aliphatic carbocycles. The molecule has 244 valence electrons. The fraction of sp³-hybridized carbons (Fsp3) is 0.226. The van der Waals surface area contributed by atoms with Gasteiger partial charge in [-0.25, -0.2) is 4.90 Å². The number of rotatable bonds is 6. The van der Waals surface area contributed by atoms with Crippen LogP contribution in [0.5, 0.6) is 5.75 Å². The average molecular weight is 694 g/mol. The molecule has 3 amide bonds. The second kappa shape index (κ2) is 11.9. The Kier molecular flexibility index (Phi) is 8.20. The van der Waals surface area contributed by atoms with Crippen LogP contribution in [0.1, 0.15) is 27.5 Å². The summed E-state index contributed by atoms with van der Waals surface area (Å²) < 4.78 is 87.7. The number of alkyl halides is 6. The topological polar surface area (TPSA) is 97.7 Å². The van der Waals surface area contributed by atoms with Crippen LogP contribution in [0, 0.1) is 5.92 Å². The summed E-state index contributed by atoms with van der Waals surface area (Å²) in [6.45, 7) is -0.649. The van der Waals surface area contributed by atoms with Crippen LogP contribution in [0.2, 0.25) is 0 Å². The zero-order chi connectivity index (χ0) is 33.8. The lowest BCUT2D eigenvalue weighted by molar-refractivity contribution is -0.138. The van der Waals surface area contributed by atoms with Crippen molar-refractivity contribution >= 4 is 52.2 Å². The van der Waals surface area contributed by atoms with Crippen molar-refractivity contribution < 1.29 is 45.5 Å². The number of methoxy groups -OCH3 is 1. The van der Waals surface area contributed by atoms with E-state index >= 15 is 0 Å². The number of ether oxygens (including phenoxy) is 1. The molecular formula is C31H21F6N3O5S2. The maximum atomic E-state index is 14.0. The molecule has 0 saturated carbocycles. The number of hydrogen-bond acceptors (Lipinski definition) is 7. The van der Waals surface area contributed by atoms with Gasteiger partial charge >= 0.3 is 17.2 Å². The van der Waals surface area contributed by atoms with E-state index in [-0.39, 0.29) is 10.7 Å². The molecule has 1 fully saturated rings. The van der Waals surface area contributed by atoms with E-state index < -0.39 is 75.4 Å². The lowest BCUT2D eigenvalue weighted by atomic mass is 9.83. The Morgan fingerprint density at radius 2 is 1.60 bits per heavy atom. The summed E-state index contributed by atoms with van der Waals surface area (Å²) >= 11 is 1.49. The van der Waals surface area contributed by atoms with Crippen molar-refractivity contribution in [2.45, 2.75) is 35.1 Å². The fourth-order valence-corrected chi connectivity index (χ4v) is 8.46. The van der Waals surface area contributed by atoms with Crippen molar-refractivity contribution in [1.82, 2.24) is 4.57 Å². The summed E-state index contributed by atoms with van der Waals surface area (Å²) in [4.78, 5) is 54.3. The van der Waals surface area contributed by atoms with Crippen molar-refractivity contribution in [2.75, 3.05) is 17.3 Å². The van der Waals surface area contributed by atoms with Crippen molar-refractivity contribution in [3.63, 3.8) is 0 Å². The molecule has 3 unspecified atom stereocenters. The average Bonchev–Trinajstić information content (AvgIpc) is 3.46. The van der Waals surface area contributed by atoms with E-state index in [0.717, 1.165) is 52.7 Å². The van der Waals surface area contributed by atoms with Crippen molar-refractivity contribution in [2.24, 2.45) is 5.92 Å². The van der Waals surface area contributed by atoms with E-state index in [2.05, 4.69) is 5.32 Å². The molecule has 0 radical (unpaired) electrons. The van der Waals surface area contributed by atoms with Crippen LogP contribution in [0.4, 0.5) is 37.7 Å². The van der Waals surface area contributed by atoms with Crippen molar-refractivity contribution in [1.29, 1.82) is 0 Å². The van der Waals surface area contributed by atoms with Crippen molar-refractivity contribution in [3.05, 3.63) is 104 Å². The quantitative estimate of drug-likeness (QED) is 0.186. The van der Waals surface area contributed by atoms with Crippen LogP contribution in [0.15, 0.2) is 82.6 Å². The molecule has 47 heavy (non-hydrogen) atoms. The highest BCUT2D eigenvalue weighted by atomic mass is 32.2. The molecule has 2 aliphatic heterocycles. The molecular weight excluding hydrogens is 672 g/mol. The molecule has 16 heteroatoms. The number of amides is 3. The summed E-state index contributed by atoms with van der Waals surface area (Å²) in [7, 11) is 1.44. The summed E-state index contributed by atoms with van der Waals surface area (Å²) in [5.74, 6) is -4.37. The smallest absolute Gasteiger partial charge is 0.418 e. The van der Waals surface area contributed by atoms with E-state index in [1.807, 2.05) is 0 Å². The lowest BCUT2D eigenvalue weighted by Gasteiger charge is -2.30. The van der Waals surface area contributed by atoms with E-state index in [1.54, 1.807) is 24.3 Å². The van der Waals surface area contributed by atoms with Gasteiger partial charge in [0.2, 0.25) is 17.7 Å². The Morgan fingerprint density at radius 1 is 0.894 bits per heavy atom. The standard InChI is InChI=1S/C31H21F6N3O5S2/c1-45-18-11-9-15(10-12-18)22-23-24(27(43)40(26(23)42)20-8-3-2-7-19(20)31(35,36)37)46-28-25(22)47-29(44)39(28)14-21(41)38-17-6-4-5-16(13-17)30(32,33)34/h2-13,22-24H,14H2,1H3,(H,38,41). The van der Waals surface area contributed by atoms with Crippen molar-refractivity contribution in [3.8, 4) is 5.75 Å². The second-order valence-electron chi connectivity index (χ2n) is 10.6. The van der Waals surface area contributed by atoms with E-state index in [1.165, 1.54) is 19.2 Å². The molecule has 8 nitrogen and oxygen atoms in total. The Labute approximate surface area is 269 Å². The van der Waals surface area contributed by atoms with Gasteiger partial charge in [0.1, 0.15) is 17.5 Å². The number of carbonyl (C=O) groups is 3. The van der Waals surface area contributed by atoms with Gasteiger partial charge in [-0.3, -0.25) is 23.7 Å². The van der Waals surface area contributed by atoms with Crippen LogP contribution < -0.4 is 19.8 Å². The van der Waals surface area contributed by atoms with Gasteiger partial charge in [-0.05, 0) is 48.0 Å². The molecule has 3 aromatic carbocycles. The number of nitrogens with one attached hydrogen (secondary N) is 1. The molecule has 6 rings (SSSR count). The minimum Gasteiger partial charge on any atom is -0.497 e. The molecule has 4 aromatic rings. The van der Waals surface area contributed by atoms with E-state index in [9.17, 15) is 45.5 Å². The number of para-hydroxylation sites is 1. The molecule has 3 atom stereocenters. The number of benzene rings is 3. The molecule has 1 aromatic heterocycles. The Morgan fingerprint density at radius 3 is 2.26 bits per heavy atom. The zero-order valence-electron chi connectivity index (χ0n) is 23.9.